The van der Waals surface area contributed by atoms with Gasteiger partial charge in [-0.1, -0.05) is 0 Å². The molecule has 1 fully saturated rings. The van der Waals surface area contributed by atoms with Gasteiger partial charge >= 0.3 is 0 Å². The highest BCUT2D eigenvalue weighted by molar-refractivity contribution is 7.89. The summed E-state index contributed by atoms with van der Waals surface area (Å²) in [6.45, 7) is 3.85. The van der Waals surface area contributed by atoms with Gasteiger partial charge in [-0.05, 0) is 63.2 Å². The van der Waals surface area contributed by atoms with E-state index in [-0.39, 0.29) is 23.4 Å². The number of H-pyrrole nitrogens is 1. The maximum absolute atomic E-state index is 12.5. The van der Waals surface area contributed by atoms with Crippen LogP contribution >= 0.6 is 12.2 Å². The Kier molecular flexibility index (Phi) is 5.50. The van der Waals surface area contributed by atoms with E-state index >= 15 is 0 Å². The molecule has 10 heteroatoms. The number of aromatic nitrogens is 3. The Balaban J connectivity index is 1.69. The van der Waals surface area contributed by atoms with Gasteiger partial charge in [-0.2, -0.15) is 9.40 Å². The molecule has 2 N–H and O–H groups in total. The van der Waals surface area contributed by atoms with E-state index in [2.05, 4.69) is 15.5 Å². The fourth-order valence-corrected chi connectivity index (χ4v) is 4.32. The summed E-state index contributed by atoms with van der Waals surface area (Å²) < 4.78 is 28.7. The molecule has 0 spiro atoms. The van der Waals surface area contributed by atoms with Crippen molar-refractivity contribution in [3.8, 4) is 0 Å². The van der Waals surface area contributed by atoms with E-state index in [9.17, 15) is 13.2 Å². The molecule has 1 aliphatic carbocycles. The molecule has 0 saturated heterocycles. The Bertz CT molecular complexity index is 988. The van der Waals surface area contributed by atoms with Crippen molar-refractivity contribution < 1.29 is 13.2 Å². The van der Waals surface area contributed by atoms with Crippen LogP contribution in [-0.2, 0) is 16.6 Å². The molecule has 0 radical (unpaired) electrons. The molecule has 0 bridgehead atoms. The largest absolute Gasteiger partial charge is 0.345 e. The van der Waals surface area contributed by atoms with Crippen molar-refractivity contribution in [1.29, 1.82) is 0 Å². The van der Waals surface area contributed by atoms with Crippen LogP contribution in [0.3, 0.4) is 0 Å². The molecule has 1 aromatic heterocycles. The zero-order valence-electron chi connectivity index (χ0n) is 15.5. The summed E-state index contributed by atoms with van der Waals surface area (Å²) in [5.74, 6) is 0.390. The maximum atomic E-state index is 12.5. The summed E-state index contributed by atoms with van der Waals surface area (Å²) in [6, 6.07) is 6.13. The van der Waals surface area contributed by atoms with E-state index in [0.29, 0.717) is 22.2 Å². The molecule has 1 aliphatic rings. The molecule has 1 amide bonds. The second-order valence-corrected chi connectivity index (χ2v) is 9.25. The van der Waals surface area contributed by atoms with Gasteiger partial charge in [0.25, 0.3) is 5.91 Å². The number of amides is 1. The predicted molar refractivity (Wildman–Crippen MR) is 103 cm³/mol. The van der Waals surface area contributed by atoms with E-state index < -0.39 is 10.0 Å². The minimum absolute atomic E-state index is 0.153. The van der Waals surface area contributed by atoms with Crippen LogP contribution in [0.15, 0.2) is 29.2 Å². The van der Waals surface area contributed by atoms with Crippen molar-refractivity contribution in [2.24, 2.45) is 0 Å². The minimum Gasteiger partial charge on any atom is -0.345 e. The van der Waals surface area contributed by atoms with E-state index in [1.807, 2.05) is 4.57 Å². The lowest BCUT2D eigenvalue weighted by Gasteiger charge is -2.21. The zero-order valence-corrected chi connectivity index (χ0v) is 17.1. The molecule has 1 aromatic carbocycles. The number of rotatable bonds is 7. The van der Waals surface area contributed by atoms with Gasteiger partial charge in [0, 0.05) is 24.7 Å². The number of carbonyl (C=O) groups excluding carboxylic acids is 1. The fraction of sp³-hybridized carbons (Fsp3) is 0.471. The average Bonchev–Trinajstić information content (AvgIpc) is 3.41. The summed E-state index contributed by atoms with van der Waals surface area (Å²) in [5, 5.41) is 9.73. The highest BCUT2D eigenvalue weighted by Gasteiger charge is 2.27. The van der Waals surface area contributed by atoms with Crippen LogP contribution in [0.25, 0.3) is 0 Å². The van der Waals surface area contributed by atoms with Gasteiger partial charge in [0.05, 0.1) is 11.4 Å². The van der Waals surface area contributed by atoms with Crippen molar-refractivity contribution in [3.63, 3.8) is 0 Å². The van der Waals surface area contributed by atoms with Gasteiger partial charge in [0.15, 0.2) is 10.6 Å². The molecule has 0 unspecified atom stereocenters. The van der Waals surface area contributed by atoms with Gasteiger partial charge in [0.2, 0.25) is 10.0 Å². The lowest BCUT2D eigenvalue weighted by molar-refractivity contribution is 0.0949. The van der Waals surface area contributed by atoms with E-state index in [1.165, 1.54) is 35.6 Å². The number of nitrogens with zero attached hydrogens (tertiary/aromatic N) is 3. The molecule has 1 heterocycles. The third-order valence-corrected chi connectivity index (χ3v) is 6.95. The maximum Gasteiger partial charge on any atom is 0.251 e. The van der Waals surface area contributed by atoms with Gasteiger partial charge in [0.1, 0.15) is 0 Å². The molecule has 3 rings (SSSR count). The molecule has 27 heavy (non-hydrogen) atoms. The normalized spacial score (nSPS) is 14.7. The van der Waals surface area contributed by atoms with Crippen molar-refractivity contribution in [2.75, 3.05) is 7.05 Å². The number of sulfonamides is 1. The van der Waals surface area contributed by atoms with Crippen LogP contribution in [0.2, 0.25) is 0 Å². The summed E-state index contributed by atoms with van der Waals surface area (Å²) >= 11 is 5.22. The molecular weight excluding hydrogens is 386 g/mol. The number of nitrogens with one attached hydrogen (secondary N) is 2. The van der Waals surface area contributed by atoms with E-state index in [4.69, 9.17) is 12.2 Å². The molecule has 0 aliphatic heterocycles. The van der Waals surface area contributed by atoms with E-state index in [0.717, 1.165) is 12.8 Å². The zero-order chi connectivity index (χ0) is 19.8. The lowest BCUT2D eigenvalue weighted by Crippen LogP contribution is -2.33. The second kappa shape index (κ2) is 7.53. The average molecular weight is 410 g/mol. The highest BCUT2D eigenvalue weighted by atomic mass is 32.2. The van der Waals surface area contributed by atoms with Crippen LogP contribution in [0.1, 0.15) is 48.9 Å². The SMILES string of the molecule is CC(C)N(C)S(=O)(=O)c1ccc(C(=O)NCc2n[nH]c(=S)n2C2CC2)cc1. The molecule has 146 valence electrons. The first kappa shape index (κ1) is 19.7. The predicted octanol–water partition coefficient (Wildman–Crippen LogP) is 2.23. The number of benzene rings is 1. The highest BCUT2D eigenvalue weighted by Crippen LogP contribution is 2.35. The molecule has 8 nitrogen and oxygen atoms in total. The van der Waals surface area contributed by atoms with Crippen LogP contribution in [0, 0.1) is 4.77 Å². The monoisotopic (exact) mass is 409 g/mol. The number of aromatic amines is 1. The second-order valence-electron chi connectivity index (χ2n) is 6.87. The van der Waals surface area contributed by atoms with Crippen molar-refractivity contribution in [1.82, 2.24) is 24.4 Å². The summed E-state index contributed by atoms with van der Waals surface area (Å²) in [5.41, 5.74) is 0.383. The quantitative estimate of drug-likeness (QED) is 0.683. The van der Waals surface area contributed by atoms with Crippen LogP contribution in [0.4, 0.5) is 0 Å². The number of hydrogen-bond donors (Lipinski definition) is 2. The third kappa shape index (κ3) is 4.12. The topological polar surface area (TPSA) is 100 Å². The first-order valence-electron chi connectivity index (χ1n) is 8.74. The molecular formula is C17H23N5O3S2. The van der Waals surface area contributed by atoms with Crippen LogP contribution < -0.4 is 5.32 Å². The smallest absolute Gasteiger partial charge is 0.251 e. The number of carbonyl (C=O) groups is 1. The van der Waals surface area contributed by atoms with Crippen molar-refractivity contribution in [3.05, 3.63) is 40.4 Å². The molecule has 0 atom stereocenters. The fourth-order valence-electron chi connectivity index (χ4n) is 2.65. The van der Waals surface area contributed by atoms with Crippen LogP contribution in [0.5, 0.6) is 0 Å². The Morgan fingerprint density at radius 3 is 2.56 bits per heavy atom. The van der Waals surface area contributed by atoms with Gasteiger partial charge in [-0.15, -0.1) is 0 Å². The van der Waals surface area contributed by atoms with Crippen molar-refractivity contribution in [2.45, 2.75) is 50.2 Å². The van der Waals surface area contributed by atoms with Gasteiger partial charge in [-0.3, -0.25) is 14.5 Å². The van der Waals surface area contributed by atoms with E-state index in [1.54, 1.807) is 13.8 Å². The van der Waals surface area contributed by atoms with Crippen LogP contribution in [-0.4, -0.2) is 46.5 Å². The van der Waals surface area contributed by atoms with Gasteiger partial charge < -0.3 is 5.32 Å². The Morgan fingerprint density at radius 1 is 1.37 bits per heavy atom. The first-order chi connectivity index (χ1) is 12.7. The molecule has 1 saturated carbocycles. The molecule has 2 aromatic rings. The minimum atomic E-state index is -3.57. The first-order valence-corrected chi connectivity index (χ1v) is 10.6. The van der Waals surface area contributed by atoms with Gasteiger partial charge in [-0.25, -0.2) is 8.42 Å². The summed E-state index contributed by atoms with van der Waals surface area (Å²) in [4.78, 5) is 12.5. The third-order valence-electron chi connectivity index (χ3n) is 4.62. The summed E-state index contributed by atoms with van der Waals surface area (Å²) in [7, 11) is -2.03. The standard InChI is InChI=1S/C17H23N5O3S2/c1-11(2)21(3)27(24,25)14-8-4-12(5-9-14)16(23)18-10-15-19-20-17(26)22(15)13-6-7-13/h4-5,8-9,11,13H,6-7,10H2,1-3H3,(H,18,23)(H,20,26). The Labute approximate surface area is 163 Å². The Morgan fingerprint density at radius 2 is 2.00 bits per heavy atom. The van der Waals surface area contributed by atoms with Crippen molar-refractivity contribution >= 4 is 28.1 Å². The lowest BCUT2D eigenvalue weighted by atomic mass is 10.2. The Hall–Kier alpha value is -2.04. The number of hydrogen-bond acceptors (Lipinski definition) is 5. The summed E-state index contributed by atoms with van der Waals surface area (Å²) in [6.07, 6.45) is 2.13.